The van der Waals surface area contributed by atoms with Gasteiger partial charge in [0.1, 0.15) is 5.82 Å². The van der Waals surface area contributed by atoms with E-state index in [9.17, 15) is 9.18 Å². The Labute approximate surface area is 166 Å². The Bertz CT molecular complexity index is 1020. The Morgan fingerprint density at radius 2 is 1.93 bits per heavy atom. The first kappa shape index (κ1) is 17.5. The van der Waals surface area contributed by atoms with Crippen LogP contribution >= 0.6 is 11.3 Å². The van der Waals surface area contributed by atoms with Crippen LogP contribution in [0.15, 0.2) is 24.3 Å². The summed E-state index contributed by atoms with van der Waals surface area (Å²) in [4.78, 5) is 20.8. The fourth-order valence-electron chi connectivity index (χ4n) is 4.03. The number of halogens is 1. The molecule has 2 aliphatic rings. The van der Waals surface area contributed by atoms with Crippen molar-refractivity contribution in [2.75, 3.05) is 6.54 Å². The number of carbonyl (C=O) groups is 1. The molecule has 1 aliphatic heterocycles. The molecule has 1 aromatic carbocycles. The van der Waals surface area contributed by atoms with Gasteiger partial charge in [0, 0.05) is 23.5 Å². The molecule has 0 bridgehead atoms. The molecule has 2 aromatic heterocycles. The molecule has 0 fully saturated rings. The van der Waals surface area contributed by atoms with Gasteiger partial charge in [0.25, 0.3) is 5.91 Å². The Morgan fingerprint density at radius 1 is 1.14 bits per heavy atom. The van der Waals surface area contributed by atoms with Gasteiger partial charge in [-0.3, -0.25) is 4.79 Å². The normalized spacial score (nSPS) is 18.6. The molecule has 8 heteroatoms. The minimum Gasteiger partial charge on any atom is -0.327 e. The summed E-state index contributed by atoms with van der Waals surface area (Å²) in [7, 11) is 0. The van der Waals surface area contributed by atoms with Gasteiger partial charge < -0.3 is 9.47 Å². The molecule has 6 nitrogen and oxygen atoms in total. The van der Waals surface area contributed by atoms with Crippen LogP contribution in [0.1, 0.15) is 52.6 Å². The van der Waals surface area contributed by atoms with E-state index in [0.29, 0.717) is 18.7 Å². The minimum atomic E-state index is -0.348. The molecule has 0 N–H and O–H groups in total. The number of benzene rings is 1. The maximum Gasteiger partial charge on any atom is 0.254 e. The van der Waals surface area contributed by atoms with Gasteiger partial charge in [0.15, 0.2) is 16.7 Å². The molecule has 5 rings (SSSR count). The second-order valence-corrected chi connectivity index (χ2v) is 8.39. The number of hydrogen-bond acceptors (Lipinski definition) is 5. The van der Waals surface area contributed by atoms with Crippen LogP contribution in [0.4, 0.5) is 4.39 Å². The fourth-order valence-corrected chi connectivity index (χ4v) is 5.17. The Hall–Kier alpha value is -2.61. The Morgan fingerprint density at radius 3 is 2.71 bits per heavy atom. The average molecular weight is 397 g/mol. The fraction of sp³-hybridized carbons (Fsp3) is 0.400. The van der Waals surface area contributed by atoms with Crippen LogP contribution in [-0.2, 0) is 19.4 Å². The summed E-state index contributed by atoms with van der Waals surface area (Å²) in [5.41, 5.74) is 1.69. The third-order valence-electron chi connectivity index (χ3n) is 5.57. The average Bonchev–Trinajstić information content (AvgIpc) is 3.32. The van der Waals surface area contributed by atoms with Crippen molar-refractivity contribution in [1.29, 1.82) is 0 Å². The molecule has 1 atom stereocenters. The van der Waals surface area contributed by atoms with Crippen molar-refractivity contribution in [3.8, 4) is 10.8 Å². The standard InChI is InChI=1S/C20H20FN5OS/c1-12-17-23-24-18(19-22-15-4-2-3-5-16(15)28-19)26(17)11-10-25(12)20(27)13-6-8-14(21)9-7-13/h6-9,12H,2-5,10-11H2,1H3. The molecular weight excluding hydrogens is 377 g/mol. The van der Waals surface area contributed by atoms with Crippen molar-refractivity contribution in [3.05, 3.63) is 52.0 Å². The number of fused-ring (bicyclic) bond motifs is 2. The summed E-state index contributed by atoms with van der Waals surface area (Å²) >= 11 is 1.72. The molecule has 1 aliphatic carbocycles. The van der Waals surface area contributed by atoms with E-state index in [4.69, 9.17) is 4.98 Å². The highest BCUT2D eigenvalue weighted by Gasteiger charge is 2.33. The molecule has 144 valence electrons. The highest BCUT2D eigenvalue weighted by Crippen LogP contribution is 2.34. The zero-order valence-corrected chi connectivity index (χ0v) is 16.4. The topological polar surface area (TPSA) is 63.9 Å². The lowest BCUT2D eigenvalue weighted by molar-refractivity contribution is 0.0638. The van der Waals surface area contributed by atoms with E-state index in [-0.39, 0.29) is 17.8 Å². The first-order valence-corrected chi connectivity index (χ1v) is 10.4. The van der Waals surface area contributed by atoms with Crippen LogP contribution in [0, 0.1) is 5.82 Å². The second kappa shape index (κ2) is 6.77. The van der Waals surface area contributed by atoms with Gasteiger partial charge in [-0.1, -0.05) is 0 Å². The van der Waals surface area contributed by atoms with Gasteiger partial charge in [-0.15, -0.1) is 21.5 Å². The molecule has 3 aromatic rings. The number of thiazole rings is 1. The van der Waals surface area contributed by atoms with Gasteiger partial charge in [0.05, 0.1) is 11.7 Å². The van der Waals surface area contributed by atoms with E-state index >= 15 is 0 Å². The zero-order chi connectivity index (χ0) is 19.3. The number of nitrogens with zero attached hydrogens (tertiary/aromatic N) is 5. The first-order valence-electron chi connectivity index (χ1n) is 9.60. The lowest BCUT2D eigenvalue weighted by Crippen LogP contribution is -2.41. The number of carbonyl (C=O) groups excluding carboxylic acids is 1. The summed E-state index contributed by atoms with van der Waals surface area (Å²) in [6.07, 6.45) is 4.57. The predicted octanol–water partition coefficient (Wildman–Crippen LogP) is 3.64. The molecule has 0 radical (unpaired) electrons. The van der Waals surface area contributed by atoms with Gasteiger partial charge in [-0.25, -0.2) is 9.37 Å². The van der Waals surface area contributed by atoms with Crippen LogP contribution in [0.2, 0.25) is 0 Å². The molecular formula is C20H20FN5OS. The van der Waals surface area contributed by atoms with Crippen LogP contribution in [-0.4, -0.2) is 37.1 Å². The third-order valence-corrected chi connectivity index (χ3v) is 6.73. The van der Waals surface area contributed by atoms with Gasteiger partial charge in [-0.2, -0.15) is 0 Å². The van der Waals surface area contributed by atoms with Crippen molar-refractivity contribution in [2.45, 2.75) is 45.2 Å². The summed E-state index contributed by atoms with van der Waals surface area (Å²) in [5, 5.41) is 9.73. The Kier molecular flexibility index (Phi) is 4.23. The number of hydrogen-bond donors (Lipinski definition) is 0. The summed E-state index contributed by atoms with van der Waals surface area (Å²) < 4.78 is 15.3. The smallest absolute Gasteiger partial charge is 0.254 e. The van der Waals surface area contributed by atoms with Gasteiger partial charge in [0.2, 0.25) is 0 Å². The van der Waals surface area contributed by atoms with Crippen LogP contribution in [0.25, 0.3) is 10.8 Å². The Balaban J connectivity index is 1.44. The maximum absolute atomic E-state index is 13.2. The summed E-state index contributed by atoms with van der Waals surface area (Å²) in [5.74, 6) is 1.10. The number of aromatic nitrogens is 4. The SMILES string of the molecule is CC1c2nnc(-c3nc4c(s3)CCCC4)n2CCN1C(=O)c1ccc(F)cc1. The molecule has 0 saturated heterocycles. The van der Waals surface area contributed by atoms with Crippen molar-refractivity contribution in [3.63, 3.8) is 0 Å². The van der Waals surface area contributed by atoms with Crippen molar-refractivity contribution < 1.29 is 9.18 Å². The zero-order valence-electron chi connectivity index (χ0n) is 15.6. The van der Waals surface area contributed by atoms with E-state index in [1.165, 1.54) is 47.7 Å². The number of aryl methyl sites for hydroxylation is 2. The quantitative estimate of drug-likeness (QED) is 0.662. The lowest BCUT2D eigenvalue weighted by atomic mass is 10.0. The summed E-state index contributed by atoms with van der Waals surface area (Å²) in [6, 6.07) is 5.46. The summed E-state index contributed by atoms with van der Waals surface area (Å²) in [6.45, 7) is 3.14. The minimum absolute atomic E-state index is 0.118. The number of rotatable bonds is 2. The van der Waals surface area contributed by atoms with E-state index in [1.807, 2.05) is 6.92 Å². The second-order valence-electron chi connectivity index (χ2n) is 7.31. The van der Waals surface area contributed by atoms with Gasteiger partial charge in [-0.05, 0) is 56.9 Å². The van der Waals surface area contributed by atoms with E-state index < -0.39 is 0 Å². The van der Waals surface area contributed by atoms with E-state index in [0.717, 1.165) is 29.5 Å². The van der Waals surface area contributed by atoms with Crippen molar-refractivity contribution >= 4 is 17.2 Å². The highest BCUT2D eigenvalue weighted by atomic mass is 32.1. The van der Waals surface area contributed by atoms with Crippen molar-refractivity contribution in [2.24, 2.45) is 0 Å². The predicted molar refractivity (Wildman–Crippen MR) is 104 cm³/mol. The van der Waals surface area contributed by atoms with Crippen molar-refractivity contribution in [1.82, 2.24) is 24.6 Å². The highest BCUT2D eigenvalue weighted by molar-refractivity contribution is 7.15. The van der Waals surface area contributed by atoms with E-state index in [1.54, 1.807) is 16.2 Å². The molecule has 1 amide bonds. The largest absolute Gasteiger partial charge is 0.327 e. The van der Waals surface area contributed by atoms with E-state index in [2.05, 4.69) is 14.8 Å². The lowest BCUT2D eigenvalue weighted by Gasteiger charge is -2.33. The molecule has 28 heavy (non-hydrogen) atoms. The van der Waals surface area contributed by atoms with Gasteiger partial charge >= 0.3 is 0 Å². The van der Waals surface area contributed by atoms with Crippen LogP contribution in [0.5, 0.6) is 0 Å². The van der Waals surface area contributed by atoms with Crippen LogP contribution < -0.4 is 0 Å². The third kappa shape index (κ3) is 2.83. The molecule has 0 saturated carbocycles. The monoisotopic (exact) mass is 397 g/mol. The number of amides is 1. The molecule has 1 unspecified atom stereocenters. The molecule has 3 heterocycles. The van der Waals surface area contributed by atoms with Crippen LogP contribution in [0.3, 0.4) is 0 Å². The molecule has 0 spiro atoms. The first-order chi connectivity index (χ1) is 13.6. The maximum atomic E-state index is 13.2.